The van der Waals surface area contributed by atoms with E-state index in [2.05, 4.69) is 21.4 Å². The Hall–Kier alpha value is -6.00. The van der Waals surface area contributed by atoms with Crippen LogP contribution < -0.4 is 27.2 Å². The van der Waals surface area contributed by atoms with Gasteiger partial charge < -0.3 is 21.1 Å². The van der Waals surface area contributed by atoms with Crippen molar-refractivity contribution in [3.8, 4) is 5.75 Å². The smallest absolute Gasteiger partial charge is 0.256 e. The number of aromatic hydroxyl groups is 1. The summed E-state index contributed by atoms with van der Waals surface area (Å²) in [5, 5.41) is 20.2. The van der Waals surface area contributed by atoms with Gasteiger partial charge in [0.2, 0.25) is 17.7 Å². The Labute approximate surface area is 284 Å². The lowest BCUT2D eigenvalue weighted by Gasteiger charge is -2.25. The number of amides is 4. The van der Waals surface area contributed by atoms with E-state index in [-0.39, 0.29) is 37.3 Å². The van der Waals surface area contributed by atoms with Gasteiger partial charge in [-0.3, -0.25) is 24.6 Å². The van der Waals surface area contributed by atoms with Gasteiger partial charge in [0, 0.05) is 19.3 Å². The summed E-state index contributed by atoms with van der Waals surface area (Å²) >= 11 is 0. The molecule has 0 aliphatic rings. The predicted octanol–water partition coefficient (Wildman–Crippen LogP) is 3.26. The van der Waals surface area contributed by atoms with Gasteiger partial charge in [0.25, 0.3) is 5.91 Å². The molecule has 0 saturated carbocycles. The number of nitrogens with one attached hydrogen (secondary N) is 4. The zero-order chi connectivity index (χ0) is 34.6. The molecule has 0 saturated heterocycles. The predicted molar refractivity (Wildman–Crippen MR) is 188 cm³/mol. The maximum absolute atomic E-state index is 14.0. The van der Waals surface area contributed by atoms with Crippen LogP contribution >= 0.6 is 0 Å². The minimum Gasteiger partial charge on any atom is -0.508 e. The molecule has 0 aliphatic carbocycles. The number of phenols is 1. The number of carbonyl (C=O) groups excluding carboxylic acids is 4. The number of nitrogens with two attached hydrogens (primary N) is 1. The summed E-state index contributed by atoms with van der Waals surface area (Å²) in [6.45, 7) is 0. The normalized spacial score (nSPS) is 12.7. The molecule has 0 heterocycles. The molecule has 4 amide bonds. The Morgan fingerprint density at radius 1 is 0.510 bits per heavy atom. The lowest BCUT2D eigenvalue weighted by molar-refractivity contribution is -0.133. The van der Waals surface area contributed by atoms with E-state index in [9.17, 15) is 24.3 Å². The van der Waals surface area contributed by atoms with Gasteiger partial charge in [-0.1, -0.05) is 115 Å². The topological polar surface area (TPSA) is 163 Å². The molecule has 5 aromatic rings. The molecule has 0 aliphatic heterocycles. The summed E-state index contributed by atoms with van der Waals surface area (Å²) in [6.07, 6.45) is 0.458. The van der Waals surface area contributed by atoms with Crippen molar-refractivity contribution in [2.75, 3.05) is 0 Å². The molecule has 0 unspecified atom stereocenters. The fraction of sp³-hybridized carbons (Fsp3) is 0.179. The second kappa shape index (κ2) is 16.7. The van der Waals surface area contributed by atoms with Crippen LogP contribution in [0, 0.1) is 0 Å². The van der Waals surface area contributed by atoms with Crippen molar-refractivity contribution < 1.29 is 24.3 Å². The van der Waals surface area contributed by atoms with Crippen molar-refractivity contribution in [3.05, 3.63) is 150 Å². The number of fused-ring (bicyclic) bond motifs is 1. The highest BCUT2D eigenvalue weighted by atomic mass is 16.3. The van der Waals surface area contributed by atoms with Gasteiger partial charge >= 0.3 is 0 Å². The average Bonchev–Trinajstić information content (AvgIpc) is 3.12. The maximum atomic E-state index is 14.0. The fourth-order valence-corrected chi connectivity index (χ4v) is 5.62. The van der Waals surface area contributed by atoms with E-state index >= 15 is 0 Å². The lowest BCUT2D eigenvalue weighted by atomic mass is 10.0. The number of phenolic OH excluding ortho intramolecular Hbond substituents is 1. The van der Waals surface area contributed by atoms with Gasteiger partial charge in [0.05, 0.1) is 6.42 Å². The standard InChI is InChI=1S/C39H39N5O5/c40-44-39(49)35(24-28-16-19-32(45)20-17-28)43-38(48)34(23-27-11-5-2-6-12-27)42-37(47)33(22-26-9-3-1-4-10-26)41-36(46)25-29-15-18-30-13-7-8-14-31(30)21-29/h1-21,33-35,45H,22-25,40H2,(H,41,46)(H,42,47)(H,43,48)(H,44,49)/t33-,34-,35-/m1/s1. The van der Waals surface area contributed by atoms with Crippen LogP contribution in [0.5, 0.6) is 5.75 Å². The highest BCUT2D eigenvalue weighted by molar-refractivity contribution is 5.95. The number of hydrogen-bond donors (Lipinski definition) is 6. The second-order valence-electron chi connectivity index (χ2n) is 11.9. The third-order valence-corrected chi connectivity index (χ3v) is 8.18. The lowest BCUT2D eigenvalue weighted by Crippen LogP contribution is -2.58. The molecule has 0 aromatic heterocycles. The molecular formula is C39H39N5O5. The summed E-state index contributed by atoms with van der Waals surface area (Å²) in [6, 6.07) is 35.2. The quantitative estimate of drug-likeness (QED) is 0.0610. The first-order chi connectivity index (χ1) is 23.8. The molecule has 0 spiro atoms. The number of hydrogen-bond acceptors (Lipinski definition) is 6. The molecule has 5 aromatic carbocycles. The number of carbonyl (C=O) groups is 4. The first-order valence-electron chi connectivity index (χ1n) is 16.0. The first-order valence-corrected chi connectivity index (χ1v) is 16.0. The van der Waals surface area contributed by atoms with Gasteiger partial charge in [0.1, 0.15) is 23.9 Å². The monoisotopic (exact) mass is 657 g/mol. The van der Waals surface area contributed by atoms with Crippen LogP contribution in [0.4, 0.5) is 0 Å². The van der Waals surface area contributed by atoms with Crippen molar-refractivity contribution in [2.45, 2.75) is 43.8 Å². The Morgan fingerprint density at radius 3 is 1.51 bits per heavy atom. The Balaban J connectivity index is 1.35. The van der Waals surface area contributed by atoms with Gasteiger partial charge in [0.15, 0.2) is 0 Å². The molecule has 0 bridgehead atoms. The van der Waals surface area contributed by atoms with E-state index in [1.54, 1.807) is 12.1 Å². The highest BCUT2D eigenvalue weighted by Crippen LogP contribution is 2.17. The van der Waals surface area contributed by atoms with Crippen LogP contribution in [-0.2, 0) is 44.9 Å². The van der Waals surface area contributed by atoms with E-state index in [4.69, 9.17) is 5.84 Å². The molecule has 0 fully saturated rings. The van der Waals surface area contributed by atoms with Crippen molar-refractivity contribution in [3.63, 3.8) is 0 Å². The Kier molecular flexibility index (Phi) is 11.7. The summed E-state index contributed by atoms with van der Waals surface area (Å²) in [7, 11) is 0. The van der Waals surface area contributed by atoms with E-state index in [0.717, 1.165) is 27.5 Å². The largest absolute Gasteiger partial charge is 0.508 e. The molecule has 10 heteroatoms. The highest BCUT2D eigenvalue weighted by Gasteiger charge is 2.30. The van der Waals surface area contributed by atoms with Crippen LogP contribution in [0.15, 0.2) is 127 Å². The molecule has 49 heavy (non-hydrogen) atoms. The molecule has 7 N–H and O–H groups in total. The van der Waals surface area contributed by atoms with Gasteiger partial charge in [-0.2, -0.15) is 0 Å². The third kappa shape index (κ3) is 9.99. The van der Waals surface area contributed by atoms with Crippen LogP contribution in [0.25, 0.3) is 10.8 Å². The van der Waals surface area contributed by atoms with Crippen molar-refractivity contribution in [1.29, 1.82) is 0 Å². The summed E-state index contributed by atoms with van der Waals surface area (Å²) in [5.41, 5.74) is 5.17. The minimum atomic E-state index is -1.10. The number of benzene rings is 5. The summed E-state index contributed by atoms with van der Waals surface area (Å²) < 4.78 is 0. The van der Waals surface area contributed by atoms with Crippen LogP contribution in [0.1, 0.15) is 22.3 Å². The fourth-order valence-electron chi connectivity index (χ4n) is 5.62. The second-order valence-corrected chi connectivity index (χ2v) is 11.9. The zero-order valence-corrected chi connectivity index (χ0v) is 26.8. The van der Waals surface area contributed by atoms with Crippen LogP contribution in [-0.4, -0.2) is 46.9 Å². The van der Waals surface area contributed by atoms with E-state index in [0.29, 0.717) is 5.56 Å². The maximum Gasteiger partial charge on any atom is 0.256 e. The SMILES string of the molecule is NNC(=O)[C@@H](Cc1ccc(O)cc1)NC(=O)[C@@H](Cc1ccccc1)NC(=O)[C@@H](Cc1ccccc1)NC(=O)Cc1ccc2ccccc2c1. The van der Waals surface area contributed by atoms with E-state index in [1.165, 1.54) is 12.1 Å². The first kappa shape index (κ1) is 34.3. The van der Waals surface area contributed by atoms with Gasteiger partial charge in [-0.05, 0) is 45.2 Å². The van der Waals surface area contributed by atoms with Crippen molar-refractivity contribution in [2.24, 2.45) is 5.84 Å². The molecule has 10 nitrogen and oxygen atoms in total. The molecule has 5 rings (SSSR count). The zero-order valence-electron chi connectivity index (χ0n) is 26.8. The van der Waals surface area contributed by atoms with Crippen molar-refractivity contribution >= 4 is 34.4 Å². The van der Waals surface area contributed by atoms with Crippen molar-refractivity contribution in [1.82, 2.24) is 21.4 Å². The Bertz CT molecular complexity index is 1880. The summed E-state index contributed by atoms with van der Waals surface area (Å²) in [4.78, 5) is 53.9. The third-order valence-electron chi connectivity index (χ3n) is 8.18. The summed E-state index contributed by atoms with van der Waals surface area (Å²) in [5.74, 6) is 3.38. The van der Waals surface area contributed by atoms with Gasteiger partial charge in [-0.15, -0.1) is 0 Å². The van der Waals surface area contributed by atoms with E-state index < -0.39 is 35.8 Å². The number of hydrazine groups is 1. The molecule has 0 radical (unpaired) electrons. The molecule has 3 atom stereocenters. The Morgan fingerprint density at radius 2 is 0.959 bits per heavy atom. The molecular weight excluding hydrogens is 618 g/mol. The number of rotatable bonds is 14. The average molecular weight is 658 g/mol. The van der Waals surface area contributed by atoms with Gasteiger partial charge in [-0.25, -0.2) is 5.84 Å². The molecule has 250 valence electrons. The van der Waals surface area contributed by atoms with Crippen LogP contribution in [0.3, 0.4) is 0 Å². The van der Waals surface area contributed by atoms with E-state index in [1.807, 2.05) is 103 Å². The van der Waals surface area contributed by atoms with Crippen LogP contribution in [0.2, 0.25) is 0 Å². The minimum absolute atomic E-state index is 0.0600.